The van der Waals surface area contributed by atoms with Crippen molar-refractivity contribution in [3.05, 3.63) is 0 Å². The van der Waals surface area contributed by atoms with Crippen LogP contribution in [0.3, 0.4) is 0 Å². The van der Waals surface area contributed by atoms with Crippen LogP contribution >= 0.6 is 23.2 Å². The van der Waals surface area contributed by atoms with E-state index >= 15 is 0 Å². The second-order valence-electron chi connectivity index (χ2n) is 2.62. The average molecular weight is 187 g/mol. The molecule has 0 aliphatic carbocycles. The van der Waals surface area contributed by atoms with E-state index in [9.17, 15) is 4.80 Å². The Morgan fingerprint density at radius 1 is 1.44 bits per heavy atom. The molecule has 1 N–H and O–H groups in total. The summed E-state index contributed by atoms with van der Waals surface area (Å²) in [5, 5.41) is 0. The molecule has 0 rings (SSSR count). The minimum Gasteiger partial charge on any atom is -0.429 e. The van der Waals surface area contributed by atoms with E-state index in [1.165, 1.54) is 0 Å². The molecule has 0 amide bonds. The lowest BCUT2D eigenvalue weighted by molar-refractivity contribution is 0.532. The third kappa shape index (κ3) is 2.46. The zero-order valence-corrected chi connectivity index (χ0v) is 8.42. The second-order valence-corrected chi connectivity index (χ2v) is 8.71. The Morgan fingerprint density at radius 3 is 1.78 bits per heavy atom. The maximum atomic E-state index is 9.42. The van der Waals surface area contributed by atoms with E-state index < -0.39 is 12.3 Å². The lowest BCUT2D eigenvalue weighted by Crippen LogP contribution is -2.45. The first-order chi connectivity index (χ1) is 3.81. The van der Waals surface area contributed by atoms with E-state index in [0.29, 0.717) is 6.42 Å². The van der Waals surface area contributed by atoms with Crippen molar-refractivity contribution in [1.82, 2.24) is 0 Å². The highest BCUT2D eigenvalue weighted by atomic mass is 35.5. The SMILES string of the molecule is CCC(Cl)(Cl)[Si](C)(C)O. The third-order valence-electron chi connectivity index (χ3n) is 1.34. The summed E-state index contributed by atoms with van der Waals surface area (Å²) in [5.74, 6) is 0. The van der Waals surface area contributed by atoms with Crippen molar-refractivity contribution < 1.29 is 4.80 Å². The molecule has 0 atom stereocenters. The minimum atomic E-state index is -2.35. The molecule has 0 aromatic heterocycles. The quantitative estimate of drug-likeness (QED) is 0.519. The molecular formula is C5H12Cl2OSi. The summed E-state index contributed by atoms with van der Waals surface area (Å²) in [6, 6.07) is 0. The summed E-state index contributed by atoms with van der Waals surface area (Å²) >= 11 is 11.5. The highest BCUT2D eigenvalue weighted by Crippen LogP contribution is 2.33. The van der Waals surface area contributed by atoms with Gasteiger partial charge >= 0.3 is 0 Å². The molecule has 0 aliphatic rings. The normalized spacial score (nSPS) is 14.0. The van der Waals surface area contributed by atoms with Crippen LogP contribution in [0.1, 0.15) is 13.3 Å². The van der Waals surface area contributed by atoms with Crippen LogP contribution < -0.4 is 0 Å². The van der Waals surface area contributed by atoms with Gasteiger partial charge in [0.2, 0.25) is 8.32 Å². The Labute approximate surface area is 67.1 Å². The summed E-state index contributed by atoms with van der Waals surface area (Å²) < 4.78 is -0.882. The summed E-state index contributed by atoms with van der Waals surface area (Å²) in [5.41, 5.74) is 0. The number of hydrogen-bond acceptors (Lipinski definition) is 1. The molecule has 0 radical (unpaired) electrons. The van der Waals surface area contributed by atoms with Crippen LogP contribution in [0.15, 0.2) is 0 Å². The minimum absolute atomic E-state index is 0.603. The van der Waals surface area contributed by atoms with E-state index in [-0.39, 0.29) is 0 Å². The summed E-state index contributed by atoms with van der Waals surface area (Å²) in [7, 11) is -2.35. The van der Waals surface area contributed by atoms with Gasteiger partial charge in [-0.15, -0.1) is 23.2 Å². The van der Waals surface area contributed by atoms with E-state index in [2.05, 4.69) is 0 Å². The van der Waals surface area contributed by atoms with Gasteiger partial charge in [0.25, 0.3) is 0 Å². The van der Waals surface area contributed by atoms with Crippen LogP contribution in [0.4, 0.5) is 0 Å². The monoisotopic (exact) mass is 186 g/mol. The zero-order chi connectivity index (χ0) is 7.71. The van der Waals surface area contributed by atoms with Crippen molar-refractivity contribution in [2.24, 2.45) is 0 Å². The maximum Gasteiger partial charge on any atom is 0.219 e. The predicted octanol–water partition coefficient (Wildman–Crippen LogP) is 2.31. The van der Waals surface area contributed by atoms with Gasteiger partial charge in [0.05, 0.1) is 0 Å². The maximum absolute atomic E-state index is 9.42. The molecule has 1 nitrogen and oxygen atoms in total. The van der Waals surface area contributed by atoms with Crippen LogP contribution in [0, 0.1) is 0 Å². The van der Waals surface area contributed by atoms with Crippen molar-refractivity contribution in [3.63, 3.8) is 0 Å². The largest absolute Gasteiger partial charge is 0.429 e. The van der Waals surface area contributed by atoms with E-state index in [1.54, 1.807) is 13.1 Å². The molecule has 0 aromatic rings. The molecule has 0 fully saturated rings. The Hall–Kier alpha value is 0.757. The lowest BCUT2D eigenvalue weighted by atomic mass is 10.6. The summed E-state index contributed by atoms with van der Waals surface area (Å²) in [6.45, 7) is 5.33. The molecular weight excluding hydrogens is 175 g/mol. The third-order valence-corrected chi connectivity index (χ3v) is 6.79. The smallest absolute Gasteiger partial charge is 0.219 e. The first-order valence-corrected chi connectivity index (χ1v) is 6.62. The average Bonchev–Trinajstić information content (AvgIpc) is 1.64. The zero-order valence-electron chi connectivity index (χ0n) is 5.91. The molecule has 9 heavy (non-hydrogen) atoms. The van der Waals surface area contributed by atoms with Crippen molar-refractivity contribution in [1.29, 1.82) is 0 Å². The highest BCUT2D eigenvalue weighted by Gasteiger charge is 2.41. The molecule has 0 saturated heterocycles. The number of halogens is 2. The fraction of sp³-hybridized carbons (Fsp3) is 1.00. The van der Waals surface area contributed by atoms with Crippen molar-refractivity contribution in [2.75, 3.05) is 0 Å². The summed E-state index contributed by atoms with van der Waals surface area (Å²) in [6.07, 6.45) is 0.603. The van der Waals surface area contributed by atoms with Crippen LogP contribution in [0.2, 0.25) is 13.1 Å². The van der Waals surface area contributed by atoms with Gasteiger partial charge in [-0.2, -0.15) is 0 Å². The molecule has 0 spiro atoms. The Bertz CT molecular complexity index is 97.6. The van der Waals surface area contributed by atoms with Gasteiger partial charge < -0.3 is 4.80 Å². The van der Waals surface area contributed by atoms with E-state index in [4.69, 9.17) is 23.2 Å². The standard InChI is InChI=1S/C5H12Cl2OSi/c1-4-5(6,7)9(2,3)8/h8H,4H2,1-3H3. The molecule has 4 heteroatoms. The topological polar surface area (TPSA) is 20.2 Å². The molecule has 0 saturated carbocycles. The van der Waals surface area contributed by atoms with Crippen LogP contribution in [0.25, 0.3) is 0 Å². The van der Waals surface area contributed by atoms with Gasteiger partial charge in [-0.3, -0.25) is 0 Å². The Balaban J connectivity index is 4.14. The Morgan fingerprint density at radius 2 is 1.78 bits per heavy atom. The van der Waals surface area contributed by atoms with Gasteiger partial charge in [0, 0.05) is 0 Å². The molecule has 0 unspecified atom stereocenters. The molecule has 0 aromatic carbocycles. The first kappa shape index (κ1) is 9.76. The second kappa shape index (κ2) is 2.78. The van der Waals surface area contributed by atoms with Gasteiger partial charge in [-0.1, -0.05) is 6.92 Å². The van der Waals surface area contributed by atoms with E-state index in [0.717, 1.165) is 0 Å². The first-order valence-electron chi connectivity index (χ1n) is 2.91. The van der Waals surface area contributed by atoms with Crippen LogP contribution in [0.5, 0.6) is 0 Å². The van der Waals surface area contributed by atoms with Gasteiger partial charge in [-0.25, -0.2) is 0 Å². The van der Waals surface area contributed by atoms with Crippen molar-refractivity contribution in [2.45, 2.75) is 30.4 Å². The van der Waals surface area contributed by atoms with Crippen LogP contribution in [-0.2, 0) is 0 Å². The molecule has 56 valence electrons. The fourth-order valence-electron chi connectivity index (χ4n) is 0.433. The van der Waals surface area contributed by atoms with E-state index in [1.807, 2.05) is 6.92 Å². The predicted molar refractivity (Wildman–Crippen MR) is 44.4 cm³/mol. The lowest BCUT2D eigenvalue weighted by Gasteiger charge is -2.28. The number of rotatable bonds is 2. The molecule has 0 aliphatic heterocycles. The van der Waals surface area contributed by atoms with Gasteiger partial charge in [-0.05, 0) is 19.5 Å². The van der Waals surface area contributed by atoms with Crippen LogP contribution in [-0.4, -0.2) is 17.1 Å². The Kier molecular flexibility index (Phi) is 3.02. The van der Waals surface area contributed by atoms with Gasteiger partial charge in [0.15, 0.2) is 0 Å². The number of alkyl halides is 2. The van der Waals surface area contributed by atoms with Crippen molar-refractivity contribution >= 4 is 31.5 Å². The molecule has 0 heterocycles. The van der Waals surface area contributed by atoms with Crippen molar-refractivity contribution in [3.8, 4) is 0 Å². The van der Waals surface area contributed by atoms with Gasteiger partial charge in [0.1, 0.15) is 3.96 Å². The molecule has 0 bridgehead atoms. The number of hydrogen-bond donors (Lipinski definition) is 1. The fourth-order valence-corrected chi connectivity index (χ4v) is 1.30. The summed E-state index contributed by atoms with van der Waals surface area (Å²) in [4.78, 5) is 9.42. The highest BCUT2D eigenvalue weighted by molar-refractivity contribution is 6.90.